The van der Waals surface area contributed by atoms with Crippen LogP contribution in [0.3, 0.4) is 0 Å². The summed E-state index contributed by atoms with van der Waals surface area (Å²) in [5, 5.41) is 5.48. The zero-order valence-corrected chi connectivity index (χ0v) is 17.6. The van der Waals surface area contributed by atoms with Crippen molar-refractivity contribution in [2.24, 2.45) is 9.98 Å². The van der Waals surface area contributed by atoms with Gasteiger partial charge in [-0.3, -0.25) is 9.98 Å². The lowest BCUT2D eigenvalue weighted by Crippen LogP contribution is -2.07. The maximum Gasteiger partial charge on any atom is 0.0712 e. The molecule has 0 saturated heterocycles. The minimum absolute atomic E-state index is 0.764. The summed E-state index contributed by atoms with van der Waals surface area (Å²) in [7, 11) is 1.78. The zero-order valence-electron chi connectivity index (χ0n) is 16.8. The van der Waals surface area contributed by atoms with Gasteiger partial charge < -0.3 is 5.32 Å². The number of benzene rings is 1. The summed E-state index contributed by atoms with van der Waals surface area (Å²) in [6, 6.07) is 12.3. The Morgan fingerprint density at radius 3 is 2.57 bits per heavy atom. The summed E-state index contributed by atoms with van der Waals surface area (Å²) >= 11 is 1.73. The van der Waals surface area contributed by atoms with Crippen molar-refractivity contribution in [2.75, 3.05) is 12.4 Å². The number of hydrogen-bond acceptors (Lipinski definition) is 4. The summed E-state index contributed by atoms with van der Waals surface area (Å²) in [5.74, 6) is 0. The number of hydrogen-bond donors (Lipinski definition) is 1. The van der Waals surface area contributed by atoms with Gasteiger partial charge >= 0.3 is 0 Å². The molecule has 0 fully saturated rings. The number of anilines is 1. The first-order chi connectivity index (χ1) is 13.4. The molecule has 2 aromatic rings. The number of nitrogens with one attached hydrogen (secondary N) is 1. The van der Waals surface area contributed by atoms with Gasteiger partial charge in [-0.05, 0) is 54.6 Å². The van der Waals surface area contributed by atoms with Crippen molar-refractivity contribution in [3.05, 3.63) is 101 Å². The van der Waals surface area contributed by atoms with Crippen LogP contribution >= 0.6 is 11.3 Å². The predicted octanol–water partition coefficient (Wildman–Crippen LogP) is 6.44. The summed E-state index contributed by atoms with van der Waals surface area (Å²) in [4.78, 5) is 9.94. The molecule has 0 aliphatic rings. The lowest BCUT2D eigenvalue weighted by Gasteiger charge is -2.13. The molecule has 0 saturated carbocycles. The SMILES string of the molecule is C=C(C)N=C/C=C(\C)C(=C)C(=NC)c1cccc(NC(=C)Cc2cccs2)c1. The van der Waals surface area contributed by atoms with Crippen LogP contribution in [0.15, 0.2) is 100 Å². The zero-order chi connectivity index (χ0) is 20.5. The van der Waals surface area contributed by atoms with Crippen molar-refractivity contribution < 1.29 is 0 Å². The molecular weight excluding hydrogens is 362 g/mol. The van der Waals surface area contributed by atoms with Gasteiger partial charge in [-0.2, -0.15) is 0 Å². The molecule has 1 aromatic heterocycles. The van der Waals surface area contributed by atoms with Crippen LogP contribution in [0.1, 0.15) is 24.3 Å². The Bertz CT molecular complexity index is 944. The molecule has 1 N–H and O–H groups in total. The average Bonchev–Trinajstić information content (AvgIpc) is 3.15. The second-order valence-electron chi connectivity index (χ2n) is 6.48. The molecule has 1 heterocycles. The predicted molar refractivity (Wildman–Crippen MR) is 126 cm³/mol. The lowest BCUT2D eigenvalue weighted by atomic mass is 9.97. The van der Waals surface area contributed by atoms with E-state index in [9.17, 15) is 0 Å². The van der Waals surface area contributed by atoms with Crippen molar-refractivity contribution in [3.63, 3.8) is 0 Å². The minimum atomic E-state index is 0.764. The second kappa shape index (κ2) is 10.4. The molecule has 0 aliphatic carbocycles. The van der Waals surface area contributed by atoms with Crippen LogP contribution < -0.4 is 5.32 Å². The van der Waals surface area contributed by atoms with E-state index < -0.39 is 0 Å². The van der Waals surface area contributed by atoms with Crippen molar-refractivity contribution >= 4 is 29.0 Å². The van der Waals surface area contributed by atoms with E-state index in [-0.39, 0.29) is 0 Å². The molecule has 4 heteroatoms. The molecule has 0 atom stereocenters. The highest BCUT2D eigenvalue weighted by Crippen LogP contribution is 2.21. The molecule has 0 bridgehead atoms. The van der Waals surface area contributed by atoms with Crippen molar-refractivity contribution in [1.29, 1.82) is 0 Å². The first kappa shape index (κ1) is 21.3. The number of rotatable bonds is 9. The fraction of sp³-hybridized carbons (Fsp3) is 0.167. The smallest absolute Gasteiger partial charge is 0.0712 e. The Kier molecular flexibility index (Phi) is 7.90. The quantitative estimate of drug-likeness (QED) is 0.389. The second-order valence-corrected chi connectivity index (χ2v) is 7.51. The molecule has 0 amide bonds. The van der Waals surface area contributed by atoms with Gasteiger partial charge in [-0.25, -0.2) is 0 Å². The van der Waals surface area contributed by atoms with E-state index in [1.165, 1.54) is 4.88 Å². The van der Waals surface area contributed by atoms with Gasteiger partial charge in [0.15, 0.2) is 0 Å². The van der Waals surface area contributed by atoms with Crippen LogP contribution in [0, 0.1) is 0 Å². The molecule has 0 radical (unpaired) electrons. The summed E-state index contributed by atoms with van der Waals surface area (Å²) in [6.07, 6.45) is 4.48. The van der Waals surface area contributed by atoms with Gasteiger partial charge in [0, 0.05) is 47.2 Å². The third-order valence-electron chi connectivity index (χ3n) is 4.03. The molecule has 0 spiro atoms. The maximum atomic E-state index is 4.47. The third-order valence-corrected chi connectivity index (χ3v) is 4.91. The van der Waals surface area contributed by atoms with Gasteiger partial charge in [-0.15, -0.1) is 11.3 Å². The number of thiophene rings is 1. The molecule has 3 nitrogen and oxygen atoms in total. The highest BCUT2D eigenvalue weighted by atomic mass is 32.1. The van der Waals surface area contributed by atoms with E-state index in [0.717, 1.165) is 45.9 Å². The molecule has 28 heavy (non-hydrogen) atoms. The van der Waals surface area contributed by atoms with E-state index in [1.807, 2.05) is 38.1 Å². The number of aliphatic imine (C=N–C) groups is 2. The van der Waals surface area contributed by atoms with Crippen molar-refractivity contribution in [1.82, 2.24) is 0 Å². The van der Waals surface area contributed by atoms with Crippen LogP contribution in [0.5, 0.6) is 0 Å². The summed E-state index contributed by atoms with van der Waals surface area (Å²) in [6.45, 7) is 16.0. The molecule has 0 unspecified atom stereocenters. The molecule has 2 rings (SSSR count). The standard InChI is InChI=1S/C24H27N3S/c1-17(2)26-13-12-18(3)20(5)24(25-6)21-9-7-10-22(16-21)27-19(4)15-23-11-8-14-28-23/h7-14,16,27H,1,4-5,15H2,2-3,6H3/b18-12+,25-24?,26-13?. The van der Waals surface area contributed by atoms with E-state index in [1.54, 1.807) is 24.6 Å². The largest absolute Gasteiger partial charge is 0.359 e. The van der Waals surface area contributed by atoms with Gasteiger partial charge in [-0.1, -0.05) is 37.9 Å². The highest BCUT2D eigenvalue weighted by Gasteiger charge is 2.10. The Balaban J connectivity index is 2.14. The maximum absolute atomic E-state index is 4.47. The van der Waals surface area contributed by atoms with Crippen LogP contribution in [-0.4, -0.2) is 19.0 Å². The third kappa shape index (κ3) is 6.32. The van der Waals surface area contributed by atoms with Gasteiger partial charge in [0.1, 0.15) is 0 Å². The fourth-order valence-electron chi connectivity index (χ4n) is 2.62. The average molecular weight is 390 g/mol. The Labute approximate surface area is 172 Å². The monoisotopic (exact) mass is 389 g/mol. The van der Waals surface area contributed by atoms with Crippen LogP contribution in [0.4, 0.5) is 5.69 Å². The van der Waals surface area contributed by atoms with E-state index in [4.69, 9.17) is 0 Å². The molecule has 1 aromatic carbocycles. The topological polar surface area (TPSA) is 36.8 Å². The van der Waals surface area contributed by atoms with Crippen molar-refractivity contribution in [3.8, 4) is 0 Å². The Hall–Kier alpha value is -2.98. The highest BCUT2D eigenvalue weighted by molar-refractivity contribution is 7.09. The van der Waals surface area contributed by atoms with Gasteiger partial charge in [0.05, 0.1) is 5.71 Å². The van der Waals surface area contributed by atoms with E-state index >= 15 is 0 Å². The summed E-state index contributed by atoms with van der Waals surface area (Å²) < 4.78 is 0. The first-order valence-corrected chi connectivity index (χ1v) is 9.89. The van der Waals surface area contributed by atoms with Crippen LogP contribution in [0.2, 0.25) is 0 Å². The summed E-state index contributed by atoms with van der Waals surface area (Å²) in [5.41, 5.74) is 6.44. The van der Waals surface area contributed by atoms with E-state index in [0.29, 0.717) is 0 Å². The van der Waals surface area contributed by atoms with Gasteiger partial charge in [0.2, 0.25) is 0 Å². The molecule has 144 valence electrons. The van der Waals surface area contributed by atoms with Crippen LogP contribution in [-0.2, 0) is 6.42 Å². The lowest BCUT2D eigenvalue weighted by molar-refractivity contribution is 1.20. The molecule has 0 aliphatic heterocycles. The van der Waals surface area contributed by atoms with Crippen LogP contribution in [0.25, 0.3) is 0 Å². The first-order valence-electron chi connectivity index (χ1n) is 9.01. The Morgan fingerprint density at radius 1 is 1.14 bits per heavy atom. The fourth-order valence-corrected chi connectivity index (χ4v) is 3.36. The van der Waals surface area contributed by atoms with Crippen molar-refractivity contribution in [2.45, 2.75) is 20.3 Å². The van der Waals surface area contributed by atoms with E-state index in [2.05, 4.69) is 58.6 Å². The molecular formula is C24H27N3S. The number of allylic oxidation sites excluding steroid dienone is 5. The number of nitrogens with zero attached hydrogens (tertiary/aromatic N) is 2. The Morgan fingerprint density at radius 2 is 1.93 bits per heavy atom. The van der Waals surface area contributed by atoms with Gasteiger partial charge in [0.25, 0.3) is 0 Å². The normalized spacial score (nSPS) is 12.2. The minimum Gasteiger partial charge on any atom is -0.359 e.